The highest BCUT2D eigenvalue weighted by Gasteiger charge is 2.23. The van der Waals surface area contributed by atoms with E-state index in [1.807, 2.05) is 45.9 Å². The van der Waals surface area contributed by atoms with Crippen LogP contribution < -0.4 is 9.84 Å². The average molecular weight is 328 g/mol. The number of para-hydroxylation sites is 1. The first-order chi connectivity index (χ1) is 10.3. The Morgan fingerprint density at radius 1 is 1.09 bits per heavy atom. The van der Waals surface area contributed by atoms with Gasteiger partial charge in [0.05, 0.1) is 6.10 Å². The molecular formula is C16H27NO4P+. The summed E-state index contributed by atoms with van der Waals surface area (Å²) in [6, 6.07) is 9.01. The average Bonchev–Trinajstić information content (AvgIpc) is 2.47. The molecule has 0 heterocycles. The van der Waals surface area contributed by atoms with Crippen LogP contribution in [0.3, 0.4) is 0 Å². The zero-order valence-electron chi connectivity index (χ0n) is 14.2. The maximum absolute atomic E-state index is 11.2. The Morgan fingerprint density at radius 2 is 1.64 bits per heavy atom. The number of carbonyl (C=O) groups excluding carboxylic acids is 1. The lowest BCUT2D eigenvalue weighted by Gasteiger charge is -2.12. The van der Waals surface area contributed by atoms with Crippen molar-refractivity contribution in [3.05, 3.63) is 30.3 Å². The van der Waals surface area contributed by atoms with Gasteiger partial charge in [0.15, 0.2) is 11.4 Å². The van der Waals surface area contributed by atoms with Crippen LogP contribution in [0, 0.1) is 0 Å². The molecule has 0 aliphatic heterocycles. The Balaban J connectivity index is 0.000000409. The number of likely N-dealkylation sites (N-methyl/N-ethyl adjacent to an activating group) is 1. The zero-order chi connectivity index (χ0) is 17.1. The Kier molecular flexibility index (Phi) is 10.4. The summed E-state index contributed by atoms with van der Waals surface area (Å²) in [4.78, 5) is 10.9. The van der Waals surface area contributed by atoms with Crippen LogP contribution in [-0.2, 0) is 14.1 Å². The smallest absolute Gasteiger partial charge is 0.462 e. The Hall–Kier alpha value is -1.45. The summed E-state index contributed by atoms with van der Waals surface area (Å²) >= 11 is 0. The highest BCUT2D eigenvalue weighted by atomic mass is 31.1. The molecule has 0 saturated carbocycles. The molecule has 2 atom stereocenters. The van der Waals surface area contributed by atoms with Gasteiger partial charge < -0.3 is 10.1 Å². The standard InChI is InChI=1S/C9H12O2P.C7H15NO2/c1-8(2)12(10)11-9-6-4-3-5-7-9;1-5(2)10-7(9)6(3)8-4/h3-8H,1-2H3;5-6,8H,1-4H3/q+1;/t;6-/m.0/s1. The van der Waals surface area contributed by atoms with E-state index in [9.17, 15) is 9.36 Å². The maximum Gasteiger partial charge on any atom is 0.558 e. The SMILES string of the molecule is CC(C)[P+](=O)Oc1ccccc1.CN[C@@H](C)C(=O)OC(C)C. The van der Waals surface area contributed by atoms with Crippen molar-refractivity contribution in [3.63, 3.8) is 0 Å². The fourth-order valence-electron chi connectivity index (χ4n) is 1.14. The summed E-state index contributed by atoms with van der Waals surface area (Å²) in [5.41, 5.74) is 0.0696. The largest absolute Gasteiger partial charge is 0.558 e. The molecule has 1 rings (SSSR count). The van der Waals surface area contributed by atoms with Gasteiger partial charge in [0.2, 0.25) is 0 Å². The molecule has 1 unspecified atom stereocenters. The van der Waals surface area contributed by atoms with E-state index in [2.05, 4.69) is 5.32 Å². The Labute approximate surface area is 134 Å². The van der Waals surface area contributed by atoms with Crippen LogP contribution in [0.2, 0.25) is 0 Å². The number of rotatable bonds is 6. The molecule has 0 aromatic heterocycles. The van der Waals surface area contributed by atoms with E-state index in [-0.39, 0.29) is 23.8 Å². The number of esters is 1. The molecule has 124 valence electrons. The van der Waals surface area contributed by atoms with E-state index >= 15 is 0 Å². The van der Waals surface area contributed by atoms with Crippen molar-refractivity contribution >= 4 is 14.0 Å². The number of hydrogen-bond donors (Lipinski definition) is 1. The topological polar surface area (TPSA) is 64.6 Å². The van der Waals surface area contributed by atoms with Gasteiger partial charge in [0.1, 0.15) is 6.04 Å². The van der Waals surface area contributed by atoms with Gasteiger partial charge in [0, 0.05) is 0 Å². The molecule has 0 radical (unpaired) electrons. The first kappa shape index (κ1) is 20.6. The van der Waals surface area contributed by atoms with Crippen LogP contribution in [0.4, 0.5) is 0 Å². The first-order valence-corrected chi connectivity index (χ1v) is 8.59. The van der Waals surface area contributed by atoms with Gasteiger partial charge in [-0.05, 0) is 58.4 Å². The molecule has 0 saturated heterocycles. The lowest BCUT2D eigenvalue weighted by atomic mass is 10.3. The molecule has 6 heteroatoms. The third-order valence-electron chi connectivity index (χ3n) is 2.50. The number of benzene rings is 1. The monoisotopic (exact) mass is 328 g/mol. The van der Waals surface area contributed by atoms with Gasteiger partial charge in [-0.15, -0.1) is 0 Å². The molecule has 1 aromatic rings. The van der Waals surface area contributed by atoms with Crippen molar-refractivity contribution in [3.8, 4) is 5.75 Å². The minimum atomic E-state index is -1.57. The highest BCUT2D eigenvalue weighted by molar-refractivity contribution is 7.40. The second kappa shape index (κ2) is 11.2. The quantitative estimate of drug-likeness (QED) is 0.636. The predicted molar refractivity (Wildman–Crippen MR) is 89.6 cm³/mol. The number of carbonyl (C=O) groups is 1. The van der Waals surface area contributed by atoms with Crippen LogP contribution in [0.15, 0.2) is 30.3 Å². The molecule has 0 aliphatic carbocycles. The van der Waals surface area contributed by atoms with Crippen molar-refractivity contribution in [2.45, 2.75) is 52.4 Å². The molecular weight excluding hydrogens is 301 g/mol. The molecule has 1 aromatic carbocycles. The van der Waals surface area contributed by atoms with E-state index in [1.54, 1.807) is 26.1 Å². The van der Waals surface area contributed by atoms with E-state index in [4.69, 9.17) is 9.26 Å². The number of nitrogens with one attached hydrogen (secondary N) is 1. The summed E-state index contributed by atoms with van der Waals surface area (Å²) in [5, 5.41) is 2.80. The Morgan fingerprint density at radius 3 is 2.05 bits per heavy atom. The predicted octanol–water partition coefficient (Wildman–Crippen LogP) is 3.76. The molecule has 0 fully saturated rings. The van der Waals surface area contributed by atoms with Gasteiger partial charge in [-0.1, -0.05) is 18.2 Å². The van der Waals surface area contributed by atoms with Gasteiger partial charge in [-0.25, -0.2) is 0 Å². The summed E-state index contributed by atoms with van der Waals surface area (Å²) in [6.07, 6.45) is -0.0247. The molecule has 0 bridgehead atoms. The van der Waals surface area contributed by atoms with Crippen molar-refractivity contribution in [2.75, 3.05) is 7.05 Å². The van der Waals surface area contributed by atoms with Gasteiger partial charge >= 0.3 is 14.0 Å². The number of hydrogen-bond acceptors (Lipinski definition) is 5. The highest BCUT2D eigenvalue weighted by Crippen LogP contribution is 2.30. The van der Waals surface area contributed by atoms with E-state index in [0.29, 0.717) is 5.75 Å². The van der Waals surface area contributed by atoms with Gasteiger partial charge in [0.25, 0.3) is 0 Å². The molecule has 22 heavy (non-hydrogen) atoms. The van der Waals surface area contributed by atoms with Crippen LogP contribution in [0.25, 0.3) is 0 Å². The molecule has 0 spiro atoms. The van der Waals surface area contributed by atoms with Crippen molar-refractivity contribution in [2.24, 2.45) is 0 Å². The lowest BCUT2D eigenvalue weighted by molar-refractivity contribution is -0.149. The van der Waals surface area contributed by atoms with Crippen LogP contribution in [0.5, 0.6) is 5.75 Å². The molecule has 5 nitrogen and oxygen atoms in total. The molecule has 0 aliphatic rings. The third-order valence-corrected chi connectivity index (χ3v) is 3.73. The second-order valence-corrected chi connectivity index (χ2v) is 7.07. The van der Waals surface area contributed by atoms with Crippen molar-refractivity contribution < 1.29 is 18.6 Å². The van der Waals surface area contributed by atoms with Crippen molar-refractivity contribution in [1.29, 1.82) is 0 Å². The van der Waals surface area contributed by atoms with Crippen molar-refractivity contribution in [1.82, 2.24) is 5.32 Å². The summed E-state index contributed by atoms with van der Waals surface area (Å²) in [5.74, 6) is 0.477. The first-order valence-electron chi connectivity index (χ1n) is 7.35. The minimum absolute atomic E-state index is 0.0247. The van der Waals surface area contributed by atoms with Gasteiger partial charge in [-0.3, -0.25) is 9.32 Å². The van der Waals surface area contributed by atoms with E-state index in [1.165, 1.54) is 0 Å². The van der Waals surface area contributed by atoms with E-state index in [0.717, 1.165) is 0 Å². The second-order valence-electron chi connectivity index (χ2n) is 5.28. The minimum Gasteiger partial charge on any atom is -0.462 e. The Bertz CT molecular complexity index is 449. The summed E-state index contributed by atoms with van der Waals surface area (Å²) in [6.45, 7) is 9.19. The van der Waals surface area contributed by atoms with E-state index < -0.39 is 8.03 Å². The normalized spacial score (nSPS) is 12.3. The van der Waals surface area contributed by atoms with Crippen LogP contribution >= 0.6 is 8.03 Å². The van der Waals surface area contributed by atoms with Gasteiger partial charge in [-0.2, -0.15) is 0 Å². The summed E-state index contributed by atoms with van der Waals surface area (Å²) < 4.78 is 21.3. The maximum atomic E-state index is 11.2. The fourth-order valence-corrected chi connectivity index (χ4v) is 1.68. The number of ether oxygens (including phenoxy) is 1. The van der Waals surface area contributed by atoms with Crippen LogP contribution in [0.1, 0.15) is 34.6 Å². The lowest BCUT2D eigenvalue weighted by Crippen LogP contribution is -2.33. The molecule has 1 N–H and O–H groups in total. The zero-order valence-corrected chi connectivity index (χ0v) is 15.1. The fraction of sp³-hybridized carbons (Fsp3) is 0.562. The third kappa shape index (κ3) is 9.48. The van der Waals surface area contributed by atoms with Crippen LogP contribution in [-0.4, -0.2) is 30.8 Å². The summed E-state index contributed by atoms with van der Waals surface area (Å²) in [7, 11) is 0.163. The molecule has 0 amide bonds.